The SMILES string of the molecule is Cc1cc(OCc2occc2C(=O)O)ccc1Cl. The lowest BCUT2D eigenvalue weighted by Crippen LogP contribution is -2.02. The number of hydrogen-bond donors (Lipinski definition) is 1. The van der Waals surface area contributed by atoms with E-state index in [9.17, 15) is 4.79 Å². The van der Waals surface area contributed by atoms with Gasteiger partial charge in [0.25, 0.3) is 0 Å². The summed E-state index contributed by atoms with van der Waals surface area (Å²) in [4.78, 5) is 10.9. The molecule has 0 aliphatic carbocycles. The Labute approximate surface area is 109 Å². The average Bonchev–Trinajstić information content (AvgIpc) is 2.79. The van der Waals surface area contributed by atoms with Gasteiger partial charge in [-0.25, -0.2) is 4.79 Å². The number of aromatic carboxylic acids is 1. The third-order valence-electron chi connectivity index (χ3n) is 2.48. The molecule has 1 aromatic heterocycles. The van der Waals surface area contributed by atoms with Gasteiger partial charge in [-0.15, -0.1) is 0 Å². The Morgan fingerprint density at radius 1 is 1.44 bits per heavy atom. The van der Waals surface area contributed by atoms with E-state index in [0.717, 1.165) is 5.56 Å². The van der Waals surface area contributed by atoms with Crippen LogP contribution in [0.5, 0.6) is 5.75 Å². The van der Waals surface area contributed by atoms with Gasteiger partial charge in [0.05, 0.1) is 6.26 Å². The molecule has 0 unspecified atom stereocenters. The van der Waals surface area contributed by atoms with Gasteiger partial charge in [-0.2, -0.15) is 0 Å². The van der Waals surface area contributed by atoms with Gasteiger partial charge in [-0.1, -0.05) is 11.6 Å². The second-order valence-corrected chi connectivity index (χ2v) is 4.17. The predicted octanol–water partition coefficient (Wildman–Crippen LogP) is 3.52. The minimum absolute atomic E-state index is 0.0652. The first-order chi connectivity index (χ1) is 8.58. The molecule has 0 fully saturated rings. The molecule has 94 valence electrons. The molecule has 0 aliphatic heterocycles. The van der Waals surface area contributed by atoms with Crippen LogP contribution in [0.15, 0.2) is 34.9 Å². The van der Waals surface area contributed by atoms with Crippen molar-refractivity contribution >= 4 is 17.6 Å². The number of hydrogen-bond acceptors (Lipinski definition) is 3. The fourth-order valence-corrected chi connectivity index (χ4v) is 1.62. The molecule has 0 aliphatic rings. The van der Waals surface area contributed by atoms with Crippen molar-refractivity contribution in [3.63, 3.8) is 0 Å². The minimum Gasteiger partial charge on any atom is -0.486 e. The van der Waals surface area contributed by atoms with Crippen molar-refractivity contribution in [2.45, 2.75) is 13.5 Å². The topological polar surface area (TPSA) is 59.7 Å². The van der Waals surface area contributed by atoms with Gasteiger partial charge in [0.1, 0.15) is 17.9 Å². The first-order valence-corrected chi connectivity index (χ1v) is 5.64. The smallest absolute Gasteiger partial charge is 0.339 e. The summed E-state index contributed by atoms with van der Waals surface area (Å²) in [6, 6.07) is 6.63. The number of furan rings is 1. The molecule has 0 spiro atoms. The Bertz CT molecular complexity index is 574. The van der Waals surface area contributed by atoms with Crippen molar-refractivity contribution < 1.29 is 19.1 Å². The quantitative estimate of drug-likeness (QED) is 0.920. The number of rotatable bonds is 4. The Hall–Kier alpha value is -1.94. The maximum Gasteiger partial charge on any atom is 0.339 e. The molecule has 0 bridgehead atoms. The maximum absolute atomic E-state index is 10.9. The van der Waals surface area contributed by atoms with Crippen molar-refractivity contribution in [3.05, 3.63) is 52.4 Å². The highest BCUT2D eigenvalue weighted by Gasteiger charge is 2.13. The van der Waals surface area contributed by atoms with E-state index < -0.39 is 5.97 Å². The van der Waals surface area contributed by atoms with Crippen molar-refractivity contribution in [2.24, 2.45) is 0 Å². The number of halogens is 1. The van der Waals surface area contributed by atoms with Gasteiger partial charge in [0.2, 0.25) is 0 Å². The fraction of sp³-hybridized carbons (Fsp3) is 0.154. The molecular formula is C13H11ClO4. The number of benzene rings is 1. The van der Waals surface area contributed by atoms with Gasteiger partial charge in [-0.05, 0) is 36.8 Å². The van der Waals surface area contributed by atoms with Crippen LogP contribution in [0.3, 0.4) is 0 Å². The monoisotopic (exact) mass is 266 g/mol. The Morgan fingerprint density at radius 3 is 2.89 bits per heavy atom. The van der Waals surface area contributed by atoms with Gasteiger partial charge in [0, 0.05) is 5.02 Å². The van der Waals surface area contributed by atoms with Crippen molar-refractivity contribution in [3.8, 4) is 5.75 Å². The standard InChI is InChI=1S/C13H11ClO4/c1-8-6-9(2-3-11(8)14)18-7-12-10(13(15)16)4-5-17-12/h2-6H,7H2,1H3,(H,15,16). The highest BCUT2D eigenvalue weighted by Crippen LogP contribution is 2.22. The Morgan fingerprint density at radius 2 is 2.22 bits per heavy atom. The summed E-state index contributed by atoms with van der Waals surface area (Å²) in [7, 11) is 0. The molecular weight excluding hydrogens is 256 g/mol. The van der Waals surface area contributed by atoms with Gasteiger partial charge in [-0.3, -0.25) is 0 Å². The van der Waals surface area contributed by atoms with Crippen LogP contribution in [0, 0.1) is 6.92 Å². The highest BCUT2D eigenvalue weighted by molar-refractivity contribution is 6.31. The molecule has 1 N–H and O–H groups in total. The zero-order valence-electron chi connectivity index (χ0n) is 9.64. The van der Waals surface area contributed by atoms with Gasteiger partial charge < -0.3 is 14.3 Å². The van der Waals surface area contributed by atoms with E-state index in [1.807, 2.05) is 6.92 Å². The van der Waals surface area contributed by atoms with Crippen LogP contribution >= 0.6 is 11.6 Å². The fourth-order valence-electron chi connectivity index (χ4n) is 1.50. The summed E-state index contributed by atoms with van der Waals surface area (Å²) in [5.74, 6) is -0.130. The molecule has 2 rings (SSSR count). The minimum atomic E-state index is -1.03. The van der Waals surface area contributed by atoms with Crippen LogP contribution < -0.4 is 4.74 Å². The van der Waals surface area contributed by atoms with Crippen molar-refractivity contribution in [1.82, 2.24) is 0 Å². The van der Waals surface area contributed by atoms with E-state index in [4.69, 9.17) is 25.9 Å². The maximum atomic E-state index is 10.9. The molecule has 4 nitrogen and oxygen atoms in total. The summed E-state index contributed by atoms with van der Waals surface area (Å²) >= 11 is 5.90. The Kier molecular flexibility index (Phi) is 3.58. The van der Waals surface area contributed by atoms with Crippen LogP contribution in [0.1, 0.15) is 21.7 Å². The van der Waals surface area contributed by atoms with Crippen LogP contribution in [0.2, 0.25) is 5.02 Å². The number of carboxylic acid groups (broad SMARTS) is 1. The zero-order chi connectivity index (χ0) is 13.1. The third-order valence-corrected chi connectivity index (χ3v) is 2.90. The summed E-state index contributed by atoms with van der Waals surface area (Å²) in [6.07, 6.45) is 1.33. The molecule has 2 aromatic rings. The van der Waals surface area contributed by atoms with Crippen LogP contribution in [0.25, 0.3) is 0 Å². The van der Waals surface area contributed by atoms with E-state index >= 15 is 0 Å². The second kappa shape index (κ2) is 5.14. The van der Waals surface area contributed by atoms with E-state index in [-0.39, 0.29) is 17.9 Å². The van der Waals surface area contributed by atoms with Crippen molar-refractivity contribution in [2.75, 3.05) is 0 Å². The number of aryl methyl sites for hydroxylation is 1. The van der Waals surface area contributed by atoms with E-state index in [1.165, 1.54) is 12.3 Å². The second-order valence-electron chi connectivity index (χ2n) is 3.76. The zero-order valence-corrected chi connectivity index (χ0v) is 10.4. The molecule has 0 radical (unpaired) electrons. The molecule has 0 amide bonds. The lowest BCUT2D eigenvalue weighted by molar-refractivity contribution is 0.0692. The van der Waals surface area contributed by atoms with Crippen LogP contribution in [-0.2, 0) is 6.61 Å². The van der Waals surface area contributed by atoms with Crippen molar-refractivity contribution in [1.29, 1.82) is 0 Å². The van der Waals surface area contributed by atoms with Gasteiger partial charge in [0.15, 0.2) is 5.76 Å². The molecule has 1 heterocycles. The molecule has 5 heteroatoms. The molecule has 0 atom stereocenters. The summed E-state index contributed by atoms with van der Waals surface area (Å²) in [5.41, 5.74) is 1.01. The first kappa shape index (κ1) is 12.5. The molecule has 0 saturated carbocycles. The van der Waals surface area contributed by atoms with Crippen LogP contribution in [0.4, 0.5) is 0 Å². The van der Waals surface area contributed by atoms with E-state index in [1.54, 1.807) is 18.2 Å². The van der Waals surface area contributed by atoms with Gasteiger partial charge >= 0.3 is 5.97 Å². The summed E-state index contributed by atoms with van der Waals surface area (Å²) in [6.45, 7) is 1.93. The average molecular weight is 267 g/mol. The highest BCUT2D eigenvalue weighted by atomic mass is 35.5. The number of carbonyl (C=O) groups is 1. The lowest BCUT2D eigenvalue weighted by atomic mass is 10.2. The first-order valence-electron chi connectivity index (χ1n) is 5.26. The third kappa shape index (κ3) is 2.65. The molecule has 1 aromatic carbocycles. The Balaban J connectivity index is 2.09. The lowest BCUT2D eigenvalue weighted by Gasteiger charge is -2.06. The summed E-state index contributed by atoms with van der Waals surface area (Å²) in [5, 5.41) is 9.56. The predicted molar refractivity (Wildman–Crippen MR) is 66.2 cm³/mol. The molecule has 0 saturated heterocycles. The van der Waals surface area contributed by atoms with Crippen LogP contribution in [-0.4, -0.2) is 11.1 Å². The van der Waals surface area contributed by atoms with E-state index in [0.29, 0.717) is 10.8 Å². The summed E-state index contributed by atoms with van der Waals surface area (Å²) < 4.78 is 10.5. The largest absolute Gasteiger partial charge is 0.486 e. The normalized spacial score (nSPS) is 10.3. The number of carboxylic acids is 1. The van der Waals surface area contributed by atoms with E-state index in [2.05, 4.69) is 0 Å². The number of ether oxygens (including phenoxy) is 1. The molecule has 18 heavy (non-hydrogen) atoms.